The van der Waals surface area contributed by atoms with Gasteiger partial charge in [0.15, 0.2) is 5.82 Å². The number of nitrogens with one attached hydrogen (secondary N) is 1. The summed E-state index contributed by atoms with van der Waals surface area (Å²) in [5, 5.41) is 7.29. The molecule has 0 bridgehead atoms. The maximum atomic E-state index is 13.3. The van der Waals surface area contributed by atoms with Gasteiger partial charge in [-0.05, 0) is 44.0 Å². The number of benzene rings is 1. The molecule has 1 aromatic carbocycles. The molecule has 1 N–H and O–H groups in total. The van der Waals surface area contributed by atoms with E-state index < -0.39 is 15.4 Å². The van der Waals surface area contributed by atoms with Crippen LogP contribution in [0.4, 0.5) is 0 Å². The summed E-state index contributed by atoms with van der Waals surface area (Å²) in [4.78, 5) is 18.7. The Labute approximate surface area is 182 Å². The van der Waals surface area contributed by atoms with Crippen LogP contribution in [0.2, 0.25) is 0 Å². The Hall–Kier alpha value is -2.46. The largest absolute Gasteiger partial charge is 0.494 e. The molecular weight excluding hydrogens is 418 g/mol. The minimum absolute atomic E-state index is 0.0156. The molecule has 2 atom stereocenters. The van der Waals surface area contributed by atoms with E-state index in [9.17, 15) is 13.2 Å². The van der Waals surface area contributed by atoms with E-state index in [1.807, 2.05) is 13.8 Å². The highest BCUT2D eigenvalue weighted by Crippen LogP contribution is 2.45. The summed E-state index contributed by atoms with van der Waals surface area (Å²) in [7, 11) is -3.65. The van der Waals surface area contributed by atoms with Gasteiger partial charge in [0.05, 0.1) is 16.9 Å². The second-order valence-electron chi connectivity index (χ2n) is 8.43. The monoisotopic (exact) mass is 447 g/mol. The SMILES string of the molecule is CCCOc1ccc(S(=O)(=O)N2CC[C@@]3(c4n[nH]c(C)n4)CN(C(C)=O)C[C@H]3C2)cc1. The number of sulfonamides is 1. The molecular formula is C21H29N5O4S. The molecule has 2 saturated heterocycles. The van der Waals surface area contributed by atoms with Crippen LogP contribution >= 0.6 is 0 Å². The summed E-state index contributed by atoms with van der Waals surface area (Å²) >= 11 is 0. The van der Waals surface area contributed by atoms with E-state index in [2.05, 4.69) is 15.2 Å². The molecule has 0 aliphatic carbocycles. The molecule has 0 saturated carbocycles. The molecule has 2 fully saturated rings. The van der Waals surface area contributed by atoms with E-state index in [1.165, 1.54) is 4.31 Å². The van der Waals surface area contributed by atoms with Crippen molar-refractivity contribution in [3.05, 3.63) is 35.9 Å². The van der Waals surface area contributed by atoms with E-state index in [-0.39, 0.29) is 16.7 Å². The molecule has 0 spiro atoms. The van der Waals surface area contributed by atoms with Gasteiger partial charge in [-0.15, -0.1) is 0 Å². The van der Waals surface area contributed by atoms with Gasteiger partial charge < -0.3 is 9.64 Å². The van der Waals surface area contributed by atoms with Crippen molar-refractivity contribution < 1.29 is 17.9 Å². The lowest BCUT2D eigenvalue weighted by Crippen LogP contribution is -2.51. The highest BCUT2D eigenvalue weighted by Gasteiger charge is 2.55. The Morgan fingerprint density at radius 2 is 2.03 bits per heavy atom. The van der Waals surface area contributed by atoms with Crippen molar-refractivity contribution in [3.63, 3.8) is 0 Å². The zero-order valence-electron chi connectivity index (χ0n) is 18.2. The Bertz CT molecular complexity index is 1050. The maximum Gasteiger partial charge on any atom is 0.243 e. The van der Waals surface area contributed by atoms with Gasteiger partial charge in [0.25, 0.3) is 0 Å². The van der Waals surface area contributed by atoms with Gasteiger partial charge in [-0.25, -0.2) is 13.4 Å². The second kappa shape index (κ2) is 8.23. The Morgan fingerprint density at radius 3 is 2.65 bits per heavy atom. The lowest BCUT2D eigenvalue weighted by atomic mass is 9.72. The number of aromatic nitrogens is 3. The van der Waals surface area contributed by atoms with Gasteiger partial charge in [-0.2, -0.15) is 9.40 Å². The van der Waals surface area contributed by atoms with Crippen LogP contribution in [0.1, 0.15) is 38.3 Å². The quantitative estimate of drug-likeness (QED) is 0.722. The molecule has 0 unspecified atom stereocenters. The number of aryl methyl sites for hydroxylation is 1. The number of rotatable bonds is 6. The highest BCUT2D eigenvalue weighted by atomic mass is 32.2. The number of piperidine rings is 1. The van der Waals surface area contributed by atoms with Gasteiger partial charge in [-0.1, -0.05) is 6.92 Å². The third kappa shape index (κ3) is 3.94. The summed E-state index contributed by atoms with van der Waals surface area (Å²) in [5.74, 6) is 1.96. The summed E-state index contributed by atoms with van der Waals surface area (Å²) < 4.78 is 33.7. The first-order valence-electron chi connectivity index (χ1n) is 10.6. The van der Waals surface area contributed by atoms with Crippen molar-refractivity contribution in [3.8, 4) is 5.75 Å². The van der Waals surface area contributed by atoms with Crippen molar-refractivity contribution in [2.24, 2.45) is 5.92 Å². The number of carbonyl (C=O) groups is 1. The molecule has 3 heterocycles. The predicted octanol–water partition coefficient (Wildman–Crippen LogP) is 1.71. The van der Waals surface area contributed by atoms with E-state index in [0.29, 0.717) is 56.6 Å². The van der Waals surface area contributed by atoms with Crippen LogP contribution in [-0.2, 0) is 20.2 Å². The number of aromatic amines is 1. The first kappa shape index (κ1) is 21.8. The number of H-pyrrole nitrogens is 1. The van der Waals surface area contributed by atoms with Crippen molar-refractivity contribution in [1.82, 2.24) is 24.4 Å². The Kier molecular flexibility index (Phi) is 5.78. The van der Waals surface area contributed by atoms with Crippen LogP contribution in [-0.4, -0.2) is 71.5 Å². The third-order valence-electron chi connectivity index (χ3n) is 6.35. The number of carbonyl (C=O) groups excluding carboxylic acids is 1. The molecule has 2 aromatic rings. The summed E-state index contributed by atoms with van der Waals surface area (Å²) in [6.45, 7) is 7.69. The predicted molar refractivity (Wildman–Crippen MR) is 114 cm³/mol. The van der Waals surface area contributed by atoms with Crippen molar-refractivity contribution in [2.45, 2.75) is 43.9 Å². The van der Waals surface area contributed by atoms with Crippen molar-refractivity contribution >= 4 is 15.9 Å². The van der Waals surface area contributed by atoms with Gasteiger partial charge >= 0.3 is 0 Å². The average Bonchev–Trinajstić information content (AvgIpc) is 3.36. The van der Waals surface area contributed by atoms with E-state index >= 15 is 0 Å². The Balaban J connectivity index is 1.58. The Morgan fingerprint density at radius 1 is 1.29 bits per heavy atom. The number of amides is 1. The molecule has 168 valence electrons. The molecule has 1 aromatic heterocycles. The molecule has 2 aliphatic rings. The van der Waals surface area contributed by atoms with E-state index in [1.54, 1.807) is 36.1 Å². The van der Waals surface area contributed by atoms with E-state index in [4.69, 9.17) is 4.74 Å². The lowest BCUT2D eigenvalue weighted by Gasteiger charge is -2.40. The van der Waals surface area contributed by atoms with Crippen LogP contribution in [0, 0.1) is 12.8 Å². The van der Waals surface area contributed by atoms with Gasteiger partial charge in [0.2, 0.25) is 15.9 Å². The molecule has 9 nitrogen and oxygen atoms in total. The van der Waals surface area contributed by atoms with Crippen LogP contribution in [0.15, 0.2) is 29.2 Å². The fraction of sp³-hybridized carbons (Fsp3) is 0.571. The molecule has 1 amide bonds. The van der Waals surface area contributed by atoms with E-state index in [0.717, 1.165) is 6.42 Å². The van der Waals surface area contributed by atoms with Gasteiger partial charge in [-0.3, -0.25) is 9.89 Å². The zero-order chi connectivity index (χ0) is 22.2. The number of nitrogens with zero attached hydrogens (tertiary/aromatic N) is 4. The van der Waals surface area contributed by atoms with Crippen LogP contribution in [0.5, 0.6) is 5.75 Å². The molecule has 2 aliphatic heterocycles. The average molecular weight is 448 g/mol. The summed E-state index contributed by atoms with van der Waals surface area (Å²) in [6, 6.07) is 6.58. The fourth-order valence-electron chi connectivity index (χ4n) is 4.62. The molecule has 31 heavy (non-hydrogen) atoms. The fourth-order valence-corrected chi connectivity index (χ4v) is 6.10. The molecule has 4 rings (SSSR count). The molecule has 10 heteroatoms. The summed E-state index contributed by atoms with van der Waals surface area (Å²) in [6.07, 6.45) is 1.45. The minimum atomic E-state index is -3.65. The van der Waals surface area contributed by atoms with Gasteiger partial charge in [0.1, 0.15) is 11.6 Å². The van der Waals surface area contributed by atoms with Crippen LogP contribution < -0.4 is 4.74 Å². The van der Waals surface area contributed by atoms with Crippen LogP contribution in [0.3, 0.4) is 0 Å². The number of likely N-dealkylation sites (tertiary alicyclic amines) is 1. The smallest absolute Gasteiger partial charge is 0.243 e. The number of hydrogen-bond acceptors (Lipinski definition) is 6. The first-order valence-corrected chi connectivity index (χ1v) is 12.1. The second-order valence-corrected chi connectivity index (χ2v) is 10.4. The number of hydrogen-bond donors (Lipinski definition) is 1. The van der Waals surface area contributed by atoms with Crippen LogP contribution in [0.25, 0.3) is 0 Å². The first-order chi connectivity index (χ1) is 14.8. The standard InChI is InChI=1S/C21H29N5O4S/c1-4-11-30-18-5-7-19(8-6-18)31(28,29)26-10-9-21(20-22-15(2)23-24-20)14-25(16(3)27)12-17(21)13-26/h5-8,17H,4,9-14H2,1-3H3,(H,22,23,24)/t17-,21+/m0/s1. The maximum absolute atomic E-state index is 13.3. The third-order valence-corrected chi connectivity index (χ3v) is 8.23. The zero-order valence-corrected chi connectivity index (χ0v) is 19.0. The number of ether oxygens (including phenoxy) is 1. The number of fused-ring (bicyclic) bond motifs is 1. The van der Waals surface area contributed by atoms with Crippen molar-refractivity contribution in [2.75, 3.05) is 32.8 Å². The normalized spacial score (nSPS) is 24.2. The topological polar surface area (TPSA) is 108 Å². The van der Waals surface area contributed by atoms with Crippen molar-refractivity contribution in [1.29, 1.82) is 0 Å². The lowest BCUT2D eigenvalue weighted by molar-refractivity contribution is -0.128. The summed E-state index contributed by atoms with van der Waals surface area (Å²) in [5.41, 5.74) is -0.430. The molecule has 0 radical (unpaired) electrons. The minimum Gasteiger partial charge on any atom is -0.494 e. The highest BCUT2D eigenvalue weighted by molar-refractivity contribution is 7.89. The van der Waals surface area contributed by atoms with Gasteiger partial charge in [0, 0.05) is 39.0 Å².